The van der Waals surface area contributed by atoms with Gasteiger partial charge >= 0.3 is 0 Å². The van der Waals surface area contributed by atoms with Crippen LogP contribution in [0.1, 0.15) is 27.2 Å². The van der Waals surface area contributed by atoms with E-state index in [2.05, 4.69) is 30.8 Å². The zero-order chi connectivity index (χ0) is 11.8. The molecule has 0 saturated carbocycles. The molecule has 90 valence electrons. The van der Waals surface area contributed by atoms with Crippen LogP contribution < -0.4 is 5.73 Å². The Balaban J connectivity index is 4.26. The number of likely N-dealkylation sites (N-methyl/N-ethyl adjacent to an activating group) is 1. The highest BCUT2D eigenvalue weighted by Gasteiger charge is 2.19. The molecule has 3 N–H and O–H groups in total. The molecule has 15 heavy (non-hydrogen) atoms. The predicted molar refractivity (Wildman–Crippen MR) is 61.2 cm³/mol. The molecule has 0 aromatic carbocycles. The van der Waals surface area contributed by atoms with E-state index in [1.807, 2.05) is 0 Å². The molecule has 2 atom stereocenters. The molecule has 0 aliphatic carbocycles. The summed E-state index contributed by atoms with van der Waals surface area (Å²) in [6.07, 6.45) is 0.568. The van der Waals surface area contributed by atoms with Gasteiger partial charge in [-0.05, 0) is 20.4 Å². The van der Waals surface area contributed by atoms with E-state index < -0.39 is 0 Å². The Morgan fingerprint density at radius 1 is 1.47 bits per heavy atom. The second-order valence-electron chi connectivity index (χ2n) is 3.78. The number of nitrogens with two attached hydrogens (primary N) is 1. The van der Waals surface area contributed by atoms with E-state index in [1.165, 1.54) is 0 Å². The van der Waals surface area contributed by atoms with Gasteiger partial charge in [-0.1, -0.05) is 12.1 Å². The highest BCUT2D eigenvalue weighted by atomic mass is 16.5. The van der Waals surface area contributed by atoms with Crippen LogP contribution in [-0.2, 0) is 4.74 Å². The average molecular weight is 217 g/mol. The number of hydrogen-bond donors (Lipinski definition) is 2. The zero-order valence-electron chi connectivity index (χ0n) is 10.1. The minimum atomic E-state index is 0.246. The smallest absolute Gasteiger partial charge is 0.140 e. The maximum absolute atomic E-state index is 8.50. The third kappa shape index (κ3) is 4.99. The molecule has 5 heteroatoms. The van der Waals surface area contributed by atoms with Crippen molar-refractivity contribution in [2.24, 2.45) is 10.9 Å². The Hall–Kier alpha value is -0.810. The number of ether oxygens (including phenoxy) is 1. The number of methoxy groups -OCH3 is 1. The number of amidine groups is 1. The van der Waals surface area contributed by atoms with Crippen molar-refractivity contribution in [1.29, 1.82) is 0 Å². The van der Waals surface area contributed by atoms with Gasteiger partial charge in [-0.2, -0.15) is 0 Å². The average Bonchev–Trinajstić information content (AvgIpc) is 2.19. The molecule has 2 unspecified atom stereocenters. The lowest BCUT2D eigenvalue weighted by molar-refractivity contribution is 0.0800. The lowest BCUT2D eigenvalue weighted by Gasteiger charge is -2.32. The number of rotatable bonds is 7. The molecular formula is C10H23N3O2. The first-order valence-electron chi connectivity index (χ1n) is 5.27. The summed E-state index contributed by atoms with van der Waals surface area (Å²) >= 11 is 0. The largest absolute Gasteiger partial charge is 0.409 e. The molecule has 0 bridgehead atoms. The molecule has 0 aliphatic rings. The van der Waals surface area contributed by atoms with Crippen molar-refractivity contribution in [2.75, 3.05) is 20.3 Å². The Bertz CT molecular complexity index is 197. The van der Waals surface area contributed by atoms with E-state index in [0.717, 1.165) is 6.54 Å². The molecule has 0 fully saturated rings. The summed E-state index contributed by atoms with van der Waals surface area (Å²) in [5.74, 6) is 0.269. The monoisotopic (exact) mass is 217 g/mol. The zero-order valence-corrected chi connectivity index (χ0v) is 10.1. The summed E-state index contributed by atoms with van der Waals surface area (Å²) < 4.78 is 5.12. The van der Waals surface area contributed by atoms with Crippen molar-refractivity contribution >= 4 is 5.84 Å². The molecule has 0 aromatic heterocycles. The van der Waals surface area contributed by atoms with Crippen LogP contribution in [-0.4, -0.2) is 48.3 Å². The minimum Gasteiger partial charge on any atom is -0.409 e. The van der Waals surface area contributed by atoms with E-state index in [4.69, 9.17) is 15.7 Å². The van der Waals surface area contributed by atoms with Gasteiger partial charge < -0.3 is 15.7 Å². The van der Waals surface area contributed by atoms with Gasteiger partial charge in [0.05, 0.1) is 6.61 Å². The van der Waals surface area contributed by atoms with Crippen LogP contribution >= 0.6 is 0 Å². The van der Waals surface area contributed by atoms with Crippen LogP contribution in [0.2, 0.25) is 0 Å². The summed E-state index contributed by atoms with van der Waals surface area (Å²) in [6.45, 7) is 7.87. The molecule has 0 amide bonds. The van der Waals surface area contributed by atoms with Crippen LogP contribution in [0, 0.1) is 0 Å². The Labute approximate surface area is 91.9 Å². The molecule has 0 saturated heterocycles. The summed E-state index contributed by atoms with van der Waals surface area (Å²) in [6, 6.07) is 0.581. The van der Waals surface area contributed by atoms with Gasteiger partial charge in [0, 0.05) is 25.6 Å². The summed E-state index contributed by atoms with van der Waals surface area (Å²) in [7, 11) is 1.69. The summed E-state index contributed by atoms with van der Waals surface area (Å²) in [5.41, 5.74) is 5.48. The van der Waals surface area contributed by atoms with Crippen LogP contribution in [0.3, 0.4) is 0 Å². The van der Waals surface area contributed by atoms with Crippen molar-refractivity contribution < 1.29 is 9.94 Å². The van der Waals surface area contributed by atoms with E-state index >= 15 is 0 Å². The molecule has 0 aliphatic heterocycles. The fourth-order valence-corrected chi connectivity index (χ4v) is 1.86. The molecule has 0 heterocycles. The van der Waals surface area contributed by atoms with Crippen LogP contribution in [0.15, 0.2) is 5.16 Å². The number of hydrogen-bond acceptors (Lipinski definition) is 4. The van der Waals surface area contributed by atoms with Crippen molar-refractivity contribution in [3.8, 4) is 0 Å². The number of nitrogens with zero attached hydrogens (tertiary/aromatic N) is 2. The van der Waals surface area contributed by atoms with Gasteiger partial charge in [0.1, 0.15) is 5.84 Å². The fraction of sp³-hybridized carbons (Fsp3) is 0.900. The van der Waals surface area contributed by atoms with Crippen LogP contribution in [0.4, 0.5) is 0 Å². The van der Waals surface area contributed by atoms with Gasteiger partial charge in [-0.25, -0.2) is 0 Å². The number of oxime groups is 1. The van der Waals surface area contributed by atoms with Crippen LogP contribution in [0.5, 0.6) is 0 Å². The first-order chi connectivity index (χ1) is 7.06. The summed E-state index contributed by atoms with van der Waals surface area (Å²) in [4.78, 5) is 2.27. The molecule has 0 aromatic rings. The van der Waals surface area contributed by atoms with Gasteiger partial charge in [-0.3, -0.25) is 4.90 Å². The highest BCUT2D eigenvalue weighted by Crippen LogP contribution is 2.09. The lowest BCUT2D eigenvalue weighted by Crippen LogP contribution is -2.44. The molecule has 5 nitrogen and oxygen atoms in total. The Kier molecular flexibility index (Phi) is 7.07. The normalized spacial score (nSPS) is 16.7. The van der Waals surface area contributed by atoms with Gasteiger partial charge in [0.25, 0.3) is 0 Å². The first-order valence-corrected chi connectivity index (χ1v) is 5.27. The maximum atomic E-state index is 8.50. The van der Waals surface area contributed by atoms with Gasteiger partial charge in [0.15, 0.2) is 0 Å². The Morgan fingerprint density at radius 2 is 2.07 bits per heavy atom. The van der Waals surface area contributed by atoms with Gasteiger partial charge in [0.2, 0.25) is 0 Å². The van der Waals surface area contributed by atoms with E-state index in [1.54, 1.807) is 7.11 Å². The molecule has 0 rings (SSSR count). The summed E-state index contributed by atoms with van der Waals surface area (Å²) in [5, 5.41) is 11.5. The first kappa shape index (κ1) is 14.2. The molecule has 0 spiro atoms. The Morgan fingerprint density at radius 3 is 2.47 bits per heavy atom. The fourth-order valence-electron chi connectivity index (χ4n) is 1.86. The minimum absolute atomic E-state index is 0.246. The maximum Gasteiger partial charge on any atom is 0.140 e. The predicted octanol–water partition coefficient (Wildman–Crippen LogP) is 0.868. The standard InChI is InChI=1S/C10H23N3O2/c1-5-13(9(3)7-15-4)8(2)6-10(11)12-14/h8-9,14H,5-7H2,1-4H3,(H2,11,12). The topological polar surface area (TPSA) is 71.1 Å². The van der Waals surface area contributed by atoms with Crippen molar-refractivity contribution in [1.82, 2.24) is 4.90 Å². The highest BCUT2D eigenvalue weighted by molar-refractivity contribution is 5.80. The van der Waals surface area contributed by atoms with Crippen LogP contribution in [0.25, 0.3) is 0 Å². The SMILES string of the molecule is CCN(C(C)COC)C(C)CC(N)=NO. The quantitative estimate of drug-likeness (QED) is 0.287. The van der Waals surface area contributed by atoms with E-state index in [-0.39, 0.29) is 11.9 Å². The van der Waals surface area contributed by atoms with Gasteiger partial charge in [-0.15, -0.1) is 0 Å². The second-order valence-corrected chi connectivity index (χ2v) is 3.78. The second kappa shape index (κ2) is 7.48. The third-order valence-corrected chi connectivity index (χ3v) is 2.54. The van der Waals surface area contributed by atoms with E-state index in [9.17, 15) is 0 Å². The van der Waals surface area contributed by atoms with Crippen molar-refractivity contribution in [3.05, 3.63) is 0 Å². The van der Waals surface area contributed by atoms with Crippen molar-refractivity contribution in [2.45, 2.75) is 39.3 Å². The lowest BCUT2D eigenvalue weighted by atomic mass is 10.1. The third-order valence-electron chi connectivity index (χ3n) is 2.54. The molecular weight excluding hydrogens is 194 g/mol. The van der Waals surface area contributed by atoms with E-state index in [0.29, 0.717) is 19.1 Å². The molecule has 0 radical (unpaired) electrons. The van der Waals surface area contributed by atoms with Crippen molar-refractivity contribution in [3.63, 3.8) is 0 Å².